The van der Waals surface area contributed by atoms with Gasteiger partial charge in [0.05, 0.1) is 24.8 Å². The van der Waals surface area contributed by atoms with E-state index in [4.69, 9.17) is 4.74 Å². The summed E-state index contributed by atoms with van der Waals surface area (Å²) in [5.74, 6) is -0.346. The van der Waals surface area contributed by atoms with Crippen molar-refractivity contribution in [3.8, 4) is 0 Å². The van der Waals surface area contributed by atoms with Crippen LogP contribution in [0.15, 0.2) is 30.3 Å². The highest BCUT2D eigenvalue weighted by Crippen LogP contribution is 2.22. The van der Waals surface area contributed by atoms with Crippen LogP contribution < -0.4 is 5.32 Å². The molecule has 2 heterocycles. The molecule has 1 aliphatic rings. The van der Waals surface area contributed by atoms with Gasteiger partial charge in [0.2, 0.25) is 0 Å². The van der Waals surface area contributed by atoms with Gasteiger partial charge in [-0.25, -0.2) is 4.39 Å². The van der Waals surface area contributed by atoms with Crippen molar-refractivity contribution in [3.63, 3.8) is 0 Å². The summed E-state index contributed by atoms with van der Waals surface area (Å²) in [6.07, 6.45) is 0. The molecule has 1 unspecified atom stereocenters. The number of morpholine rings is 1. The first-order valence-corrected chi connectivity index (χ1v) is 9.53. The second kappa shape index (κ2) is 8.67. The molecule has 1 amide bonds. The van der Waals surface area contributed by atoms with Gasteiger partial charge in [0.1, 0.15) is 5.82 Å². The Morgan fingerprint density at radius 2 is 2.00 bits per heavy atom. The first-order valence-electron chi connectivity index (χ1n) is 9.53. The molecular weight excluding hydrogens is 345 g/mol. The van der Waals surface area contributed by atoms with Crippen LogP contribution in [0.1, 0.15) is 40.3 Å². The first kappa shape index (κ1) is 19.6. The number of ether oxygens (including phenoxy) is 1. The third kappa shape index (κ3) is 4.39. The lowest BCUT2D eigenvalue weighted by atomic mass is 10.0. The SMILES string of the molecule is CCn1c(C)cc(C(=O)NCC(c2cccc(F)c2)N2CCOCC2)c1C. The number of hydrogen-bond donors (Lipinski definition) is 1. The van der Waals surface area contributed by atoms with Crippen LogP contribution in [0, 0.1) is 19.7 Å². The predicted octanol–water partition coefficient (Wildman–Crippen LogP) is 3.07. The number of amides is 1. The van der Waals surface area contributed by atoms with Crippen LogP contribution in [0.4, 0.5) is 4.39 Å². The number of benzene rings is 1. The molecule has 2 aromatic rings. The van der Waals surface area contributed by atoms with E-state index in [2.05, 4.69) is 21.7 Å². The number of halogens is 1. The van der Waals surface area contributed by atoms with Gasteiger partial charge in [0.15, 0.2) is 0 Å². The van der Waals surface area contributed by atoms with Crippen LogP contribution >= 0.6 is 0 Å². The number of nitrogens with zero attached hydrogens (tertiary/aromatic N) is 2. The normalized spacial score (nSPS) is 16.3. The standard InChI is InChI=1S/C21H28FN3O2/c1-4-25-15(2)12-19(16(25)3)21(26)23-14-20(24-8-10-27-11-9-24)17-6-5-7-18(22)13-17/h5-7,12-13,20H,4,8-11,14H2,1-3H3,(H,23,26). The molecule has 1 aromatic heterocycles. The van der Waals surface area contributed by atoms with Crippen LogP contribution in [0.2, 0.25) is 0 Å². The molecule has 5 nitrogen and oxygen atoms in total. The average Bonchev–Trinajstić information content (AvgIpc) is 2.96. The van der Waals surface area contributed by atoms with Crippen LogP contribution in [0.5, 0.6) is 0 Å². The molecule has 1 aliphatic heterocycles. The van der Waals surface area contributed by atoms with Crippen molar-refractivity contribution in [2.45, 2.75) is 33.4 Å². The summed E-state index contributed by atoms with van der Waals surface area (Å²) < 4.78 is 21.3. The number of aromatic nitrogens is 1. The quantitative estimate of drug-likeness (QED) is 0.847. The number of rotatable bonds is 6. The third-order valence-electron chi connectivity index (χ3n) is 5.31. The summed E-state index contributed by atoms with van der Waals surface area (Å²) in [6, 6.07) is 8.48. The zero-order valence-electron chi connectivity index (χ0n) is 16.3. The third-order valence-corrected chi connectivity index (χ3v) is 5.31. The molecule has 27 heavy (non-hydrogen) atoms. The van der Waals surface area contributed by atoms with E-state index in [1.54, 1.807) is 12.1 Å². The van der Waals surface area contributed by atoms with Crippen molar-refractivity contribution < 1.29 is 13.9 Å². The van der Waals surface area contributed by atoms with Gasteiger partial charge in [0, 0.05) is 37.6 Å². The summed E-state index contributed by atoms with van der Waals surface area (Å²) >= 11 is 0. The van der Waals surface area contributed by atoms with Crippen molar-refractivity contribution in [2.24, 2.45) is 0 Å². The lowest BCUT2D eigenvalue weighted by molar-refractivity contribution is 0.0162. The van der Waals surface area contributed by atoms with Gasteiger partial charge < -0.3 is 14.6 Å². The summed E-state index contributed by atoms with van der Waals surface area (Å²) in [7, 11) is 0. The van der Waals surface area contributed by atoms with E-state index in [9.17, 15) is 9.18 Å². The Morgan fingerprint density at radius 1 is 1.26 bits per heavy atom. The lowest BCUT2D eigenvalue weighted by Gasteiger charge is -2.35. The fraction of sp³-hybridized carbons (Fsp3) is 0.476. The Kier molecular flexibility index (Phi) is 6.29. The van der Waals surface area contributed by atoms with Crippen LogP contribution in [-0.2, 0) is 11.3 Å². The minimum Gasteiger partial charge on any atom is -0.379 e. The second-order valence-corrected chi connectivity index (χ2v) is 6.96. The Bertz CT molecular complexity index is 797. The minimum absolute atomic E-state index is 0.0804. The van der Waals surface area contributed by atoms with Gasteiger partial charge in [-0.05, 0) is 44.5 Å². The molecule has 1 fully saturated rings. The van der Waals surface area contributed by atoms with E-state index in [0.717, 1.165) is 36.6 Å². The highest BCUT2D eigenvalue weighted by atomic mass is 19.1. The van der Waals surface area contributed by atoms with Crippen molar-refractivity contribution in [3.05, 3.63) is 58.7 Å². The van der Waals surface area contributed by atoms with Gasteiger partial charge >= 0.3 is 0 Å². The number of aryl methyl sites for hydroxylation is 1. The fourth-order valence-corrected chi connectivity index (χ4v) is 3.86. The Morgan fingerprint density at radius 3 is 2.63 bits per heavy atom. The van der Waals surface area contributed by atoms with Crippen LogP contribution in [0.3, 0.4) is 0 Å². The fourth-order valence-electron chi connectivity index (χ4n) is 3.86. The molecule has 0 aliphatic carbocycles. The molecule has 3 rings (SSSR count). The Balaban J connectivity index is 1.77. The molecule has 6 heteroatoms. The monoisotopic (exact) mass is 373 g/mol. The number of nitrogens with one attached hydrogen (secondary N) is 1. The maximum atomic E-state index is 13.8. The molecule has 1 saturated heterocycles. The molecule has 0 bridgehead atoms. The van der Waals surface area contributed by atoms with E-state index < -0.39 is 0 Å². The molecule has 146 valence electrons. The van der Waals surface area contributed by atoms with Crippen LogP contribution in [0.25, 0.3) is 0 Å². The topological polar surface area (TPSA) is 46.5 Å². The van der Waals surface area contributed by atoms with Gasteiger partial charge in [-0.15, -0.1) is 0 Å². The summed E-state index contributed by atoms with van der Waals surface area (Å²) in [4.78, 5) is 15.0. The van der Waals surface area contributed by atoms with Gasteiger partial charge in [-0.2, -0.15) is 0 Å². The molecule has 1 N–H and O–H groups in total. The molecule has 1 atom stereocenters. The zero-order valence-corrected chi connectivity index (χ0v) is 16.3. The number of carbonyl (C=O) groups excluding carboxylic acids is 1. The second-order valence-electron chi connectivity index (χ2n) is 6.96. The first-order chi connectivity index (χ1) is 13.0. The summed E-state index contributed by atoms with van der Waals surface area (Å²) in [5, 5.41) is 3.06. The number of hydrogen-bond acceptors (Lipinski definition) is 3. The maximum Gasteiger partial charge on any atom is 0.253 e. The molecule has 1 aromatic carbocycles. The molecule has 0 radical (unpaired) electrons. The maximum absolute atomic E-state index is 13.8. The van der Waals surface area contributed by atoms with Crippen LogP contribution in [-0.4, -0.2) is 48.2 Å². The highest BCUT2D eigenvalue weighted by molar-refractivity contribution is 5.95. The van der Waals surface area contributed by atoms with Crippen molar-refractivity contribution in [1.82, 2.24) is 14.8 Å². The van der Waals surface area contributed by atoms with E-state index in [0.29, 0.717) is 25.3 Å². The van der Waals surface area contributed by atoms with Gasteiger partial charge in [-0.1, -0.05) is 12.1 Å². The van der Waals surface area contributed by atoms with E-state index in [1.807, 2.05) is 26.0 Å². The highest BCUT2D eigenvalue weighted by Gasteiger charge is 2.24. The predicted molar refractivity (Wildman–Crippen MR) is 103 cm³/mol. The van der Waals surface area contributed by atoms with Crippen molar-refractivity contribution >= 4 is 5.91 Å². The van der Waals surface area contributed by atoms with E-state index in [-0.39, 0.29) is 17.8 Å². The van der Waals surface area contributed by atoms with Gasteiger partial charge in [0.25, 0.3) is 5.91 Å². The van der Waals surface area contributed by atoms with E-state index >= 15 is 0 Å². The smallest absolute Gasteiger partial charge is 0.253 e. The number of carbonyl (C=O) groups is 1. The lowest BCUT2D eigenvalue weighted by Crippen LogP contribution is -2.43. The minimum atomic E-state index is -0.261. The Labute approximate surface area is 160 Å². The molecule has 0 spiro atoms. The largest absolute Gasteiger partial charge is 0.379 e. The van der Waals surface area contributed by atoms with Gasteiger partial charge in [-0.3, -0.25) is 9.69 Å². The average molecular weight is 373 g/mol. The van der Waals surface area contributed by atoms with Crippen molar-refractivity contribution in [1.29, 1.82) is 0 Å². The Hall–Kier alpha value is -2.18. The zero-order chi connectivity index (χ0) is 19.4. The van der Waals surface area contributed by atoms with E-state index in [1.165, 1.54) is 6.07 Å². The molecular formula is C21H28FN3O2. The summed E-state index contributed by atoms with van der Waals surface area (Å²) in [6.45, 7) is 10.1. The summed E-state index contributed by atoms with van der Waals surface area (Å²) in [5.41, 5.74) is 3.63. The molecule has 0 saturated carbocycles. The van der Waals surface area contributed by atoms with Crippen molar-refractivity contribution in [2.75, 3.05) is 32.8 Å².